The summed E-state index contributed by atoms with van der Waals surface area (Å²) in [5, 5.41) is 2.76. The molecule has 6 heteroatoms. The van der Waals surface area contributed by atoms with Crippen LogP contribution in [0.4, 0.5) is 0 Å². The van der Waals surface area contributed by atoms with Gasteiger partial charge in [0.15, 0.2) is 9.84 Å². The Morgan fingerprint density at radius 1 is 1.28 bits per heavy atom. The Labute approximate surface area is 112 Å². The summed E-state index contributed by atoms with van der Waals surface area (Å²) in [6, 6.07) is 5.79. The number of halogens is 1. The van der Waals surface area contributed by atoms with Crippen LogP contribution < -0.4 is 5.32 Å². The molecule has 0 heterocycles. The molecule has 18 heavy (non-hydrogen) atoms. The zero-order valence-corrected chi connectivity index (χ0v) is 12.1. The molecule has 0 aliphatic heterocycles. The Morgan fingerprint density at radius 2 is 1.78 bits per heavy atom. The second-order valence-electron chi connectivity index (χ2n) is 4.77. The van der Waals surface area contributed by atoms with Crippen molar-refractivity contribution in [3.63, 3.8) is 0 Å². The Balaban J connectivity index is 2.90. The Bertz CT molecular complexity index is 535. The molecule has 0 aliphatic rings. The van der Waals surface area contributed by atoms with Crippen LogP contribution in [0.15, 0.2) is 29.2 Å². The maximum atomic E-state index is 11.9. The fraction of sp³-hybridized carbons (Fsp3) is 0.417. The number of nitrogens with one attached hydrogen (secondary N) is 1. The largest absolute Gasteiger partial charge is 0.346 e. The van der Waals surface area contributed by atoms with Crippen LogP contribution in [-0.4, -0.2) is 32.0 Å². The zero-order chi connectivity index (χ0) is 14.0. The van der Waals surface area contributed by atoms with Gasteiger partial charge in [-0.15, -0.1) is 11.6 Å². The summed E-state index contributed by atoms with van der Waals surface area (Å²) >= 11 is 5.72. The number of benzene rings is 1. The predicted molar refractivity (Wildman–Crippen MR) is 71.8 cm³/mol. The van der Waals surface area contributed by atoms with Gasteiger partial charge in [0.25, 0.3) is 5.91 Å². The first-order chi connectivity index (χ1) is 8.15. The lowest BCUT2D eigenvalue weighted by Crippen LogP contribution is -2.44. The van der Waals surface area contributed by atoms with Crippen LogP contribution in [0.5, 0.6) is 0 Å². The van der Waals surface area contributed by atoms with Crippen LogP contribution in [-0.2, 0) is 9.84 Å². The molecule has 0 bridgehead atoms. The van der Waals surface area contributed by atoms with Gasteiger partial charge >= 0.3 is 0 Å². The highest BCUT2D eigenvalue weighted by molar-refractivity contribution is 7.90. The van der Waals surface area contributed by atoms with Gasteiger partial charge in [0.2, 0.25) is 0 Å². The van der Waals surface area contributed by atoms with Gasteiger partial charge < -0.3 is 5.32 Å². The molecule has 0 atom stereocenters. The van der Waals surface area contributed by atoms with Crippen molar-refractivity contribution in [2.75, 3.05) is 12.1 Å². The van der Waals surface area contributed by atoms with Gasteiger partial charge in [-0.1, -0.05) is 0 Å². The van der Waals surface area contributed by atoms with Gasteiger partial charge in [0.1, 0.15) is 0 Å². The molecule has 0 unspecified atom stereocenters. The van der Waals surface area contributed by atoms with Crippen LogP contribution in [0.3, 0.4) is 0 Å². The molecular weight excluding hydrogens is 274 g/mol. The molecule has 1 N–H and O–H groups in total. The number of sulfone groups is 1. The monoisotopic (exact) mass is 289 g/mol. The average Bonchev–Trinajstić information content (AvgIpc) is 2.27. The lowest BCUT2D eigenvalue weighted by Gasteiger charge is -2.23. The van der Waals surface area contributed by atoms with Gasteiger partial charge in [-0.25, -0.2) is 8.42 Å². The van der Waals surface area contributed by atoms with Gasteiger partial charge in [0, 0.05) is 23.2 Å². The standard InChI is InChI=1S/C12H16ClNO3S/c1-12(2,8-13)14-11(15)9-4-6-10(7-5-9)18(3,16)17/h4-7H,8H2,1-3H3,(H,14,15). The van der Waals surface area contributed by atoms with Crippen molar-refractivity contribution in [1.29, 1.82) is 0 Å². The van der Waals surface area contributed by atoms with Crippen LogP contribution >= 0.6 is 11.6 Å². The smallest absolute Gasteiger partial charge is 0.251 e. The Kier molecular flexibility index (Phi) is 4.40. The van der Waals surface area contributed by atoms with Crippen molar-refractivity contribution < 1.29 is 13.2 Å². The molecule has 1 amide bonds. The van der Waals surface area contributed by atoms with E-state index in [2.05, 4.69) is 5.32 Å². The lowest BCUT2D eigenvalue weighted by atomic mass is 10.1. The maximum Gasteiger partial charge on any atom is 0.251 e. The number of carbonyl (C=O) groups is 1. The van der Waals surface area contributed by atoms with E-state index in [-0.39, 0.29) is 10.8 Å². The average molecular weight is 290 g/mol. The van der Waals surface area contributed by atoms with E-state index in [1.165, 1.54) is 24.3 Å². The molecular formula is C12H16ClNO3S. The summed E-state index contributed by atoms with van der Waals surface area (Å²) in [7, 11) is -3.24. The van der Waals surface area contributed by atoms with E-state index in [0.717, 1.165) is 6.26 Å². The van der Waals surface area contributed by atoms with E-state index in [0.29, 0.717) is 11.4 Å². The topological polar surface area (TPSA) is 63.2 Å². The number of alkyl halides is 1. The van der Waals surface area contributed by atoms with E-state index in [1.54, 1.807) is 0 Å². The molecule has 1 aromatic carbocycles. The highest BCUT2D eigenvalue weighted by atomic mass is 35.5. The quantitative estimate of drug-likeness (QED) is 0.860. The Morgan fingerprint density at radius 3 is 2.17 bits per heavy atom. The number of hydrogen-bond acceptors (Lipinski definition) is 3. The molecule has 0 radical (unpaired) electrons. The third kappa shape index (κ3) is 3.99. The number of rotatable bonds is 4. The molecule has 100 valence electrons. The summed E-state index contributed by atoms with van der Waals surface area (Å²) in [6.45, 7) is 3.62. The third-order valence-corrected chi connectivity index (χ3v) is 4.13. The van der Waals surface area contributed by atoms with E-state index in [4.69, 9.17) is 11.6 Å². The molecule has 1 aromatic rings. The van der Waals surface area contributed by atoms with Gasteiger partial charge in [0.05, 0.1) is 4.90 Å². The molecule has 0 saturated carbocycles. The van der Waals surface area contributed by atoms with Crippen LogP contribution in [0.2, 0.25) is 0 Å². The second-order valence-corrected chi connectivity index (χ2v) is 7.05. The van der Waals surface area contributed by atoms with Crippen molar-refractivity contribution in [1.82, 2.24) is 5.32 Å². The lowest BCUT2D eigenvalue weighted by molar-refractivity contribution is 0.0920. The van der Waals surface area contributed by atoms with Crippen molar-refractivity contribution in [2.24, 2.45) is 0 Å². The first-order valence-electron chi connectivity index (χ1n) is 5.34. The minimum Gasteiger partial charge on any atom is -0.346 e. The second kappa shape index (κ2) is 5.28. The van der Waals surface area contributed by atoms with Crippen molar-refractivity contribution in [3.8, 4) is 0 Å². The summed E-state index contributed by atoms with van der Waals surface area (Å²) in [6.07, 6.45) is 1.12. The molecule has 0 fully saturated rings. The number of amides is 1. The summed E-state index contributed by atoms with van der Waals surface area (Å²) in [5.41, 5.74) is -0.102. The SMILES string of the molecule is CC(C)(CCl)NC(=O)c1ccc(S(C)(=O)=O)cc1. The van der Waals surface area contributed by atoms with E-state index >= 15 is 0 Å². The van der Waals surface area contributed by atoms with Crippen LogP contribution in [0.1, 0.15) is 24.2 Å². The van der Waals surface area contributed by atoms with Crippen LogP contribution in [0, 0.1) is 0 Å². The normalized spacial score (nSPS) is 12.2. The third-order valence-electron chi connectivity index (χ3n) is 2.33. The number of carbonyl (C=O) groups excluding carboxylic acids is 1. The molecule has 0 aliphatic carbocycles. The van der Waals surface area contributed by atoms with E-state index in [9.17, 15) is 13.2 Å². The van der Waals surface area contributed by atoms with Gasteiger partial charge in [-0.3, -0.25) is 4.79 Å². The van der Waals surface area contributed by atoms with E-state index in [1.807, 2.05) is 13.8 Å². The number of hydrogen-bond donors (Lipinski definition) is 1. The molecule has 0 saturated heterocycles. The fourth-order valence-electron chi connectivity index (χ4n) is 1.27. The summed E-state index contributed by atoms with van der Waals surface area (Å²) < 4.78 is 22.5. The molecule has 0 aromatic heterocycles. The van der Waals surface area contributed by atoms with Crippen molar-refractivity contribution in [3.05, 3.63) is 29.8 Å². The summed E-state index contributed by atoms with van der Waals surface area (Å²) in [4.78, 5) is 12.1. The van der Waals surface area contributed by atoms with Gasteiger partial charge in [-0.05, 0) is 38.1 Å². The van der Waals surface area contributed by atoms with Crippen molar-refractivity contribution in [2.45, 2.75) is 24.3 Å². The molecule has 1 rings (SSSR count). The Hall–Kier alpha value is -1.07. The van der Waals surface area contributed by atoms with Crippen molar-refractivity contribution >= 4 is 27.3 Å². The highest BCUT2D eigenvalue weighted by Crippen LogP contribution is 2.12. The minimum atomic E-state index is -3.24. The maximum absolute atomic E-state index is 11.9. The summed E-state index contributed by atoms with van der Waals surface area (Å²) in [5.74, 6) is 0.0147. The molecule has 4 nitrogen and oxygen atoms in total. The van der Waals surface area contributed by atoms with Gasteiger partial charge in [-0.2, -0.15) is 0 Å². The minimum absolute atomic E-state index is 0.190. The van der Waals surface area contributed by atoms with Crippen LogP contribution in [0.25, 0.3) is 0 Å². The first-order valence-corrected chi connectivity index (χ1v) is 7.77. The predicted octanol–water partition coefficient (Wildman–Crippen LogP) is 1.84. The fourth-order valence-corrected chi connectivity index (χ4v) is 1.96. The first kappa shape index (κ1) is 15.0. The zero-order valence-electron chi connectivity index (χ0n) is 10.5. The molecule has 0 spiro atoms. The van der Waals surface area contributed by atoms with E-state index < -0.39 is 15.4 Å². The highest BCUT2D eigenvalue weighted by Gasteiger charge is 2.20.